The van der Waals surface area contributed by atoms with E-state index in [4.69, 9.17) is 0 Å². The van der Waals surface area contributed by atoms with Crippen molar-refractivity contribution in [1.82, 2.24) is 3.79 Å². The summed E-state index contributed by atoms with van der Waals surface area (Å²) in [5.41, 5.74) is 0. The zero-order chi connectivity index (χ0) is 6.10. The SMILES string of the molecule is c1cc2ssssn2c1. The molecule has 0 unspecified atom stereocenters. The summed E-state index contributed by atoms with van der Waals surface area (Å²) in [6.07, 6.45) is 2.08. The Bertz CT molecular complexity index is 287. The molecule has 0 radical (unpaired) electrons. The molecule has 5 heteroatoms. The fraction of sp³-hybridized carbons (Fsp3) is 0. The molecule has 1 nitrogen and oxygen atoms in total. The molecule has 2 aromatic heterocycles. The molecule has 0 saturated carbocycles. The van der Waals surface area contributed by atoms with Gasteiger partial charge in [-0.05, 0) is 31.8 Å². The van der Waals surface area contributed by atoms with E-state index in [1.807, 2.05) is 19.7 Å². The van der Waals surface area contributed by atoms with Crippen molar-refractivity contribution in [2.75, 3.05) is 0 Å². The second-order valence-electron chi connectivity index (χ2n) is 1.47. The van der Waals surface area contributed by atoms with Crippen LogP contribution in [0.3, 0.4) is 0 Å². The summed E-state index contributed by atoms with van der Waals surface area (Å²) in [4.78, 5) is 1.34. The number of rotatable bonds is 0. The molecule has 0 aliphatic heterocycles. The second kappa shape index (κ2) is 2.42. The normalized spacial score (nSPS) is 10.2. The Labute approximate surface area is 66.4 Å². The standard InChI is InChI=1S/C4H3NS4/c1-2-4-5(3-1)7-9-8-6-4/h1-3H. The summed E-state index contributed by atoms with van der Waals surface area (Å²) < 4.78 is 2.17. The van der Waals surface area contributed by atoms with Crippen LogP contribution in [0.5, 0.6) is 0 Å². The molecule has 2 heterocycles. The zero-order valence-corrected chi connectivity index (χ0v) is 7.58. The van der Waals surface area contributed by atoms with Crippen LogP contribution in [0.15, 0.2) is 18.3 Å². The Morgan fingerprint density at radius 2 is 2.33 bits per heavy atom. The quantitative estimate of drug-likeness (QED) is 0.565. The Morgan fingerprint density at radius 1 is 1.33 bits per heavy atom. The third-order valence-corrected chi connectivity index (χ3v) is 6.93. The van der Waals surface area contributed by atoms with Crippen molar-refractivity contribution in [2.24, 2.45) is 0 Å². The summed E-state index contributed by atoms with van der Waals surface area (Å²) in [7, 11) is 7.21. The molecule has 0 bridgehead atoms. The molecule has 0 spiro atoms. The Morgan fingerprint density at radius 3 is 3.22 bits per heavy atom. The molecular weight excluding hydrogens is 190 g/mol. The summed E-state index contributed by atoms with van der Waals surface area (Å²) in [6, 6.07) is 4.20. The molecule has 0 atom stereocenters. The van der Waals surface area contributed by atoms with Crippen molar-refractivity contribution in [1.29, 1.82) is 0 Å². The van der Waals surface area contributed by atoms with Crippen molar-refractivity contribution in [3.63, 3.8) is 0 Å². The van der Waals surface area contributed by atoms with Gasteiger partial charge in [-0.25, -0.2) is 0 Å². The molecule has 0 aliphatic carbocycles. The van der Waals surface area contributed by atoms with Gasteiger partial charge in [0, 0.05) is 26.1 Å². The summed E-state index contributed by atoms with van der Waals surface area (Å²) in [6.45, 7) is 0. The molecule has 2 rings (SSSR count). The second-order valence-corrected chi connectivity index (χ2v) is 7.08. The predicted octanol–water partition coefficient (Wildman–Crippen LogP) is 3.31. The highest BCUT2D eigenvalue weighted by atomic mass is 33.4. The summed E-state index contributed by atoms with van der Waals surface area (Å²) in [5, 5.41) is 0. The minimum atomic E-state index is 1.34. The van der Waals surface area contributed by atoms with Gasteiger partial charge in [-0.2, -0.15) is 0 Å². The lowest BCUT2D eigenvalue weighted by Crippen LogP contribution is -1.64. The maximum absolute atomic E-state index is 2.17. The van der Waals surface area contributed by atoms with Gasteiger partial charge < -0.3 is 0 Å². The van der Waals surface area contributed by atoms with E-state index in [9.17, 15) is 0 Å². The third-order valence-electron chi connectivity index (χ3n) is 0.935. The lowest BCUT2D eigenvalue weighted by atomic mass is 10.7. The Kier molecular flexibility index (Phi) is 1.59. The molecular formula is C4H3NS4. The number of fused-ring (bicyclic) bond motifs is 1. The first-order valence-electron chi connectivity index (χ1n) is 2.32. The van der Waals surface area contributed by atoms with Gasteiger partial charge in [-0.1, -0.05) is 0 Å². The first-order chi connectivity index (χ1) is 4.47. The van der Waals surface area contributed by atoms with Crippen LogP contribution >= 0.6 is 39.6 Å². The van der Waals surface area contributed by atoms with Gasteiger partial charge >= 0.3 is 0 Å². The number of aromatic nitrogens is 1. The van der Waals surface area contributed by atoms with E-state index >= 15 is 0 Å². The van der Waals surface area contributed by atoms with E-state index in [0.29, 0.717) is 0 Å². The summed E-state index contributed by atoms with van der Waals surface area (Å²) in [5.74, 6) is 0. The highest BCUT2D eigenvalue weighted by molar-refractivity contribution is 8.07. The lowest BCUT2D eigenvalue weighted by Gasteiger charge is -1.84. The van der Waals surface area contributed by atoms with E-state index in [0.717, 1.165) is 0 Å². The van der Waals surface area contributed by atoms with E-state index in [1.54, 1.807) is 19.9 Å². The van der Waals surface area contributed by atoms with Crippen LogP contribution < -0.4 is 0 Å². The van der Waals surface area contributed by atoms with Crippen LogP contribution in [-0.2, 0) is 0 Å². The van der Waals surface area contributed by atoms with Gasteiger partial charge in [0.2, 0.25) is 0 Å². The maximum Gasteiger partial charge on any atom is 0.121 e. The van der Waals surface area contributed by atoms with Gasteiger partial charge in [0.25, 0.3) is 0 Å². The lowest BCUT2D eigenvalue weighted by molar-refractivity contribution is 1.41. The first kappa shape index (κ1) is 5.91. The van der Waals surface area contributed by atoms with Crippen LogP contribution in [0.4, 0.5) is 0 Å². The minimum absolute atomic E-state index is 1.34. The van der Waals surface area contributed by atoms with E-state index in [2.05, 4.69) is 22.1 Å². The highest BCUT2D eigenvalue weighted by Gasteiger charge is 1.87. The molecule has 9 heavy (non-hydrogen) atoms. The molecule has 0 fully saturated rings. The molecule has 0 saturated heterocycles. The highest BCUT2D eigenvalue weighted by Crippen LogP contribution is 2.22. The van der Waals surface area contributed by atoms with Gasteiger partial charge in [-0.3, -0.25) is 3.79 Å². The largest absolute Gasteiger partial charge is 0.254 e. The van der Waals surface area contributed by atoms with Crippen molar-refractivity contribution < 1.29 is 0 Å². The van der Waals surface area contributed by atoms with Crippen molar-refractivity contribution >= 4 is 44.4 Å². The fourth-order valence-electron chi connectivity index (χ4n) is 0.570. The number of hydrogen-bond acceptors (Lipinski definition) is 4. The van der Waals surface area contributed by atoms with E-state index < -0.39 is 0 Å². The van der Waals surface area contributed by atoms with Gasteiger partial charge in [0.1, 0.15) is 4.83 Å². The van der Waals surface area contributed by atoms with Crippen LogP contribution in [-0.4, -0.2) is 3.79 Å². The zero-order valence-electron chi connectivity index (χ0n) is 4.31. The van der Waals surface area contributed by atoms with Crippen LogP contribution in [0.1, 0.15) is 0 Å². The fourth-order valence-corrected chi connectivity index (χ4v) is 6.26. The van der Waals surface area contributed by atoms with E-state index in [-0.39, 0.29) is 0 Å². The van der Waals surface area contributed by atoms with E-state index in [1.165, 1.54) is 4.83 Å². The maximum atomic E-state index is 2.17. The van der Waals surface area contributed by atoms with Gasteiger partial charge in [0.15, 0.2) is 0 Å². The smallest absolute Gasteiger partial charge is 0.121 e. The minimum Gasteiger partial charge on any atom is -0.254 e. The molecule has 0 N–H and O–H groups in total. The Balaban J connectivity index is 2.95. The van der Waals surface area contributed by atoms with Crippen molar-refractivity contribution in [3.8, 4) is 0 Å². The molecule has 0 aromatic carbocycles. The summed E-state index contributed by atoms with van der Waals surface area (Å²) >= 11 is 0. The number of nitrogens with zero attached hydrogens (tertiary/aromatic N) is 1. The third kappa shape index (κ3) is 1.05. The molecule has 0 aliphatic rings. The van der Waals surface area contributed by atoms with Crippen LogP contribution in [0.25, 0.3) is 4.83 Å². The van der Waals surface area contributed by atoms with Gasteiger partial charge in [0.05, 0.1) is 0 Å². The topological polar surface area (TPSA) is 4.41 Å². The molecule has 0 amide bonds. The van der Waals surface area contributed by atoms with Gasteiger partial charge in [-0.15, -0.1) is 0 Å². The van der Waals surface area contributed by atoms with Crippen LogP contribution in [0.2, 0.25) is 0 Å². The molecule has 48 valence electrons. The molecule has 2 aromatic rings. The predicted molar refractivity (Wildman–Crippen MR) is 46.5 cm³/mol. The average molecular weight is 193 g/mol. The van der Waals surface area contributed by atoms with Crippen LogP contribution in [0, 0.1) is 0 Å². The average Bonchev–Trinajstić information content (AvgIpc) is 2.33. The van der Waals surface area contributed by atoms with Crippen molar-refractivity contribution in [3.05, 3.63) is 18.3 Å². The van der Waals surface area contributed by atoms with Crippen molar-refractivity contribution in [2.45, 2.75) is 0 Å². The Hall–Kier alpha value is 0.160. The first-order valence-corrected chi connectivity index (χ1v) is 7.10. The monoisotopic (exact) mass is 193 g/mol. The number of hydrogen-bond donors (Lipinski definition) is 0.